The third-order valence-corrected chi connectivity index (χ3v) is 14.3. The minimum Gasteiger partial charge on any atom is -0.455 e. The Bertz CT molecular complexity index is 3500. The zero-order valence-electron chi connectivity index (χ0n) is 40.1. The maximum atomic E-state index is 7.04. The molecule has 1 aliphatic heterocycles. The smallest absolute Gasteiger partial charge is 0.159 e. The van der Waals surface area contributed by atoms with Crippen molar-refractivity contribution in [3.05, 3.63) is 207 Å². The highest BCUT2D eigenvalue weighted by molar-refractivity contribution is 6.20. The van der Waals surface area contributed by atoms with Crippen molar-refractivity contribution >= 4 is 78.3 Å². The summed E-state index contributed by atoms with van der Waals surface area (Å²) >= 11 is 0. The van der Waals surface area contributed by atoms with Gasteiger partial charge in [-0.2, -0.15) is 0 Å². The monoisotopic (exact) mass is 874 g/mol. The molecule has 0 radical (unpaired) electrons. The fourth-order valence-corrected chi connectivity index (χ4v) is 10.9. The van der Waals surface area contributed by atoms with Crippen LogP contribution < -0.4 is 14.5 Å². The zero-order chi connectivity index (χ0) is 46.1. The van der Waals surface area contributed by atoms with Gasteiger partial charge in [0, 0.05) is 44.8 Å². The van der Waals surface area contributed by atoms with E-state index >= 15 is 0 Å². The molecule has 2 heterocycles. The minimum atomic E-state index is 0.119. The molecular weight excluding hydrogens is 817 g/mol. The summed E-state index contributed by atoms with van der Waals surface area (Å²) < 4.78 is 14.0. The maximum absolute atomic E-state index is 7.04. The lowest BCUT2D eigenvalue weighted by atomic mass is 9.91. The summed E-state index contributed by atoms with van der Waals surface area (Å²) in [5, 5.41) is 6.18. The third kappa shape index (κ3) is 6.96. The van der Waals surface area contributed by atoms with E-state index in [0.29, 0.717) is 0 Å². The predicted octanol–water partition coefficient (Wildman–Crippen LogP) is 18.1. The molecule has 67 heavy (non-hydrogen) atoms. The molecule has 0 N–H and O–H groups in total. The molecule has 1 atom stereocenters. The molecule has 0 fully saturated rings. The molecule has 1 aromatic heterocycles. The average Bonchev–Trinajstić information content (AvgIpc) is 3.41. The van der Waals surface area contributed by atoms with Gasteiger partial charge in [0.1, 0.15) is 11.5 Å². The van der Waals surface area contributed by atoms with Crippen LogP contribution in [0.3, 0.4) is 0 Å². The Balaban J connectivity index is 0.00000244. The van der Waals surface area contributed by atoms with Gasteiger partial charge >= 0.3 is 0 Å². The molecule has 4 aliphatic rings. The number of aryl methyl sites for hydroxylation is 5. The first-order valence-electron chi connectivity index (χ1n) is 24.2. The van der Waals surface area contributed by atoms with E-state index in [1.165, 1.54) is 77.0 Å². The van der Waals surface area contributed by atoms with E-state index in [1.807, 2.05) is 13.8 Å². The van der Waals surface area contributed by atoms with Crippen LogP contribution in [0.25, 0.3) is 44.2 Å². The fraction of sp³-hybridized carbons (Fsp3) is 0.206. The molecule has 0 spiro atoms. The SMILES string of the molecule is CC.CC1=CC=CC2C=C1Oc1c2cccc1N(c1cc(C)ccc1C)c1ccc2ccc3c(N(c4cc(C)ccc4C)c4cccc5c6c(oc45)C(C)=CCCC6)ccc4c3c2c1C=CC4. The highest BCUT2D eigenvalue weighted by Gasteiger charge is 2.31. The maximum Gasteiger partial charge on any atom is 0.159 e. The Morgan fingerprint density at radius 2 is 1.34 bits per heavy atom. The lowest BCUT2D eigenvalue weighted by Crippen LogP contribution is -2.17. The second-order valence-electron chi connectivity index (χ2n) is 18.6. The third-order valence-electron chi connectivity index (χ3n) is 14.3. The van der Waals surface area contributed by atoms with Crippen molar-refractivity contribution in [1.29, 1.82) is 0 Å². The van der Waals surface area contributed by atoms with E-state index in [1.54, 1.807) is 0 Å². The van der Waals surface area contributed by atoms with Crippen molar-refractivity contribution in [3.63, 3.8) is 0 Å². The van der Waals surface area contributed by atoms with Crippen LogP contribution in [0.1, 0.15) is 96.7 Å². The zero-order valence-corrected chi connectivity index (χ0v) is 40.1. The number of nitrogens with zero attached hydrogens (tertiary/aromatic N) is 2. The number of rotatable bonds is 6. The molecule has 4 nitrogen and oxygen atoms in total. The van der Waals surface area contributed by atoms with Crippen LogP contribution in [0, 0.1) is 27.7 Å². The summed E-state index contributed by atoms with van der Waals surface area (Å²) in [5.74, 6) is 2.97. The topological polar surface area (TPSA) is 28.9 Å². The molecule has 0 saturated carbocycles. The Labute approximate surface area is 395 Å². The van der Waals surface area contributed by atoms with Gasteiger partial charge in [0.25, 0.3) is 0 Å². The van der Waals surface area contributed by atoms with Gasteiger partial charge in [-0.25, -0.2) is 0 Å². The average molecular weight is 875 g/mol. The summed E-state index contributed by atoms with van der Waals surface area (Å²) in [7, 11) is 0. The van der Waals surface area contributed by atoms with Crippen LogP contribution in [0.5, 0.6) is 5.75 Å². The van der Waals surface area contributed by atoms with E-state index in [4.69, 9.17) is 9.15 Å². The summed E-state index contributed by atoms with van der Waals surface area (Å²) in [6, 6.07) is 41.0. The highest BCUT2D eigenvalue weighted by Crippen LogP contribution is 2.53. The van der Waals surface area contributed by atoms with Crippen LogP contribution in [0.2, 0.25) is 0 Å². The van der Waals surface area contributed by atoms with Gasteiger partial charge < -0.3 is 19.0 Å². The Morgan fingerprint density at radius 3 is 2.13 bits per heavy atom. The Hall–Kier alpha value is -7.30. The Morgan fingerprint density at radius 1 is 0.627 bits per heavy atom. The number of furan rings is 1. The molecule has 12 rings (SSSR count). The Kier molecular flexibility index (Phi) is 10.6. The van der Waals surface area contributed by atoms with Crippen LogP contribution in [0.15, 0.2) is 161 Å². The molecule has 4 heteroatoms. The van der Waals surface area contributed by atoms with Gasteiger partial charge in [-0.3, -0.25) is 0 Å². The van der Waals surface area contributed by atoms with Crippen molar-refractivity contribution in [2.75, 3.05) is 9.80 Å². The number of anilines is 6. The van der Waals surface area contributed by atoms with E-state index in [2.05, 4.69) is 203 Å². The molecule has 2 bridgehead atoms. The van der Waals surface area contributed by atoms with Crippen molar-refractivity contribution in [3.8, 4) is 5.75 Å². The fourth-order valence-electron chi connectivity index (χ4n) is 10.9. The molecular formula is C63H58N2O2. The van der Waals surface area contributed by atoms with Crippen molar-refractivity contribution < 1.29 is 9.15 Å². The van der Waals surface area contributed by atoms with Crippen molar-refractivity contribution in [2.24, 2.45) is 0 Å². The second kappa shape index (κ2) is 16.8. The number of para-hydroxylation sites is 2. The first kappa shape index (κ1) is 42.3. The quantitative estimate of drug-likeness (QED) is 0.156. The van der Waals surface area contributed by atoms with Crippen LogP contribution in [-0.4, -0.2) is 0 Å². The van der Waals surface area contributed by atoms with Crippen LogP contribution in [-0.2, 0) is 12.8 Å². The first-order chi connectivity index (χ1) is 32.7. The van der Waals surface area contributed by atoms with Gasteiger partial charge in [0.2, 0.25) is 0 Å². The van der Waals surface area contributed by atoms with Crippen LogP contribution >= 0.6 is 0 Å². The normalized spacial score (nSPS) is 15.6. The lowest BCUT2D eigenvalue weighted by molar-refractivity contribution is 0.418. The van der Waals surface area contributed by atoms with Gasteiger partial charge in [0.15, 0.2) is 11.3 Å². The molecule has 8 aromatic rings. The number of benzene rings is 7. The largest absolute Gasteiger partial charge is 0.455 e. The van der Waals surface area contributed by atoms with Gasteiger partial charge in [-0.05, 0) is 165 Å². The molecule has 0 saturated heterocycles. The number of hydrogen-bond acceptors (Lipinski definition) is 4. The standard InChI is InChI=1S/C61H52N2O2.C2H6/c1-36-23-25-38(3)54(33-36)62(52-21-11-18-45-44-16-9-14-40(5)56(35-44)64-60(45)52)50-32-29-43-27-30-49-51(31-28-42-15-10-20-48(50)58(43)57(42)49)63(55-34-37(2)24-26-39(55)4)53-22-12-19-47-46-17-8-7-13-41(6)59(46)65-61(47)53;1-2/h9-14,16,18-35,44H,7-8,15,17H2,1-6H3;1-2H3. The number of ether oxygens (including phenoxy) is 1. The second-order valence-corrected chi connectivity index (χ2v) is 18.6. The van der Waals surface area contributed by atoms with Gasteiger partial charge in [-0.1, -0.05) is 123 Å². The summed E-state index contributed by atoms with van der Waals surface area (Å²) in [4.78, 5) is 4.95. The summed E-state index contributed by atoms with van der Waals surface area (Å²) in [6.07, 6.45) is 20.0. The first-order valence-corrected chi connectivity index (χ1v) is 24.2. The molecule has 3 aliphatic carbocycles. The highest BCUT2D eigenvalue weighted by atomic mass is 16.5. The van der Waals surface area contributed by atoms with Crippen LogP contribution in [0.4, 0.5) is 34.1 Å². The van der Waals surface area contributed by atoms with Gasteiger partial charge in [-0.15, -0.1) is 0 Å². The number of allylic oxidation sites excluding steroid dienone is 8. The minimum absolute atomic E-state index is 0.119. The predicted molar refractivity (Wildman–Crippen MR) is 285 cm³/mol. The van der Waals surface area contributed by atoms with E-state index in [0.717, 1.165) is 88.2 Å². The summed E-state index contributed by atoms with van der Waals surface area (Å²) in [5.41, 5.74) is 19.7. The summed E-state index contributed by atoms with van der Waals surface area (Å²) in [6.45, 7) is 17.2. The molecule has 0 amide bonds. The van der Waals surface area contributed by atoms with E-state index in [9.17, 15) is 0 Å². The van der Waals surface area contributed by atoms with Crippen molar-refractivity contribution in [1.82, 2.24) is 0 Å². The van der Waals surface area contributed by atoms with Gasteiger partial charge in [0.05, 0.1) is 22.7 Å². The van der Waals surface area contributed by atoms with Crippen molar-refractivity contribution in [2.45, 2.75) is 87.0 Å². The number of fused-ring (bicyclic) bond motifs is 6. The molecule has 1 unspecified atom stereocenters. The van der Waals surface area contributed by atoms with E-state index in [-0.39, 0.29) is 5.92 Å². The van der Waals surface area contributed by atoms with E-state index < -0.39 is 0 Å². The molecule has 332 valence electrons. The molecule has 7 aromatic carbocycles. The lowest BCUT2D eigenvalue weighted by Gasteiger charge is -2.33. The number of hydrogen-bond donors (Lipinski definition) is 0.